The Morgan fingerprint density at radius 3 is 2.53 bits per heavy atom. The predicted octanol–water partition coefficient (Wildman–Crippen LogP) is 1.93. The minimum absolute atomic E-state index is 0.199. The van der Waals surface area contributed by atoms with Gasteiger partial charge in [-0.25, -0.2) is 5.43 Å². The molecule has 0 atom stereocenters. The molecule has 0 spiro atoms. The highest BCUT2D eigenvalue weighted by molar-refractivity contribution is 6.35. The van der Waals surface area contributed by atoms with E-state index < -0.39 is 11.8 Å². The van der Waals surface area contributed by atoms with Crippen LogP contribution in [0.1, 0.15) is 23.6 Å². The summed E-state index contributed by atoms with van der Waals surface area (Å²) < 4.78 is 16.1. The fraction of sp³-hybridized carbons (Fsp3) is 0.333. The van der Waals surface area contributed by atoms with Crippen LogP contribution in [0.15, 0.2) is 41.5 Å². The third-order valence-corrected chi connectivity index (χ3v) is 4.47. The Balaban J connectivity index is 1.95. The number of anilines is 1. The molecule has 2 aromatic rings. The average Bonchev–Trinajstić information content (AvgIpc) is 2.81. The van der Waals surface area contributed by atoms with Crippen molar-refractivity contribution in [3.05, 3.63) is 53.1 Å². The van der Waals surface area contributed by atoms with Crippen molar-refractivity contribution < 1.29 is 28.6 Å². The van der Waals surface area contributed by atoms with Gasteiger partial charge in [-0.3, -0.25) is 14.4 Å². The van der Waals surface area contributed by atoms with Crippen LogP contribution < -0.4 is 25.5 Å². The first-order valence-corrected chi connectivity index (χ1v) is 10.7. The maximum Gasteiger partial charge on any atom is 0.329 e. The van der Waals surface area contributed by atoms with Crippen molar-refractivity contribution in [1.29, 1.82) is 0 Å². The van der Waals surface area contributed by atoms with E-state index in [2.05, 4.69) is 21.2 Å². The number of aryl methyl sites for hydroxylation is 2. The number of amides is 3. The summed E-state index contributed by atoms with van der Waals surface area (Å²) in [6, 6.07) is 10.8. The fourth-order valence-electron chi connectivity index (χ4n) is 2.76. The molecule has 2 aromatic carbocycles. The van der Waals surface area contributed by atoms with Gasteiger partial charge in [0.05, 0.1) is 19.4 Å². The fourth-order valence-corrected chi connectivity index (χ4v) is 2.76. The third-order valence-electron chi connectivity index (χ3n) is 4.47. The van der Waals surface area contributed by atoms with E-state index in [0.29, 0.717) is 30.3 Å². The van der Waals surface area contributed by atoms with Crippen molar-refractivity contribution in [1.82, 2.24) is 10.7 Å². The zero-order valence-electron chi connectivity index (χ0n) is 19.8. The number of hydrazone groups is 1. The zero-order chi connectivity index (χ0) is 24.9. The molecule has 0 fully saturated rings. The molecular weight excluding hydrogens is 440 g/mol. The van der Waals surface area contributed by atoms with Crippen LogP contribution in [0.2, 0.25) is 0 Å². The maximum absolute atomic E-state index is 12.4. The van der Waals surface area contributed by atoms with Crippen LogP contribution in [0.25, 0.3) is 0 Å². The molecule has 0 heterocycles. The highest BCUT2D eigenvalue weighted by Gasteiger charge is 2.12. The van der Waals surface area contributed by atoms with E-state index in [-0.39, 0.29) is 19.1 Å². The number of carbonyl (C=O) groups excluding carboxylic acids is 3. The normalized spacial score (nSPS) is 10.6. The van der Waals surface area contributed by atoms with Crippen LogP contribution in [0, 0.1) is 13.8 Å². The van der Waals surface area contributed by atoms with Gasteiger partial charge in [0.2, 0.25) is 0 Å². The number of hydrogen-bond acceptors (Lipinski definition) is 7. The second kappa shape index (κ2) is 13.6. The van der Waals surface area contributed by atoms with Crippen LogP contribution in [-0.2, 0) is 19.1 Å². The number of nitrogens with zero attached hydrogens (tertiary/aromatic N) is 1. The first-order valence-electron chi connectivity index (χ1n) is 10.7. The van der Waals surface area contributed by atoms with E-state index in [1.54, 1.807) is 18.2 Å². The Bertz CT molecular complexity index is 1040. The van der Waals surface area contributed by atoms with Crippen LogP contribution in [0.3, 0.4) is 0 Å². The van der Waals surface area contributed by atoms with Gasteiger partial charge >= 0.3 is 11.8 Å². The predicted molar refractivity (Wildman–Crippen MR) is 128 cm³/mol. The Kier molecular flexibility index (Phi) is 10.5. The summed E-state index contributed by atoms with van der Waals surface area (Å²) in [4.78, 5) is 35.7. The number of rotatable bonds is 11. The summed E-state index contributed by atoms with van der Waals surface area (Å²) in [7, 11) is 1.49. The summed E-state index contributed by atoms with van der Waals surface area (Å²) in [5.41, 5.74) is 5.48. The molecular formula is C24H30N4O6. The lowest BCUT2D eigenvalue weighted by molar-refractivity contribution is -0.139. The zero-order valence-corrected chi connectivity index (χ0v) is 19.8. The molecule has 34 heavy (non-hydrogen) atoms. The van der Waals surface area contributed by atoms with Crippen molar-refractivity contribution in [2.75, 3.05) is 38.8 Å². The van der Waals surface area contributed by atoms with Gasteiger partial charge in [0.25, 0.3) is 5.91 Å². The molecule has 0 aliphatic carbocycles. The molecule has 0 aromatic heterocycles. The van der Waals surface area contributed by atoms with E-state index in [4.69, 9.17) is 14.2 Å². The molecule has 182 valence electrons. The molecule has 0 saturated carbocycles. The summed E-state index contributed by atoms with van der Waals surface area (Å²) in [6.07, 6.45) is 1.36. The molecule has 3 N–H and O–H groups in total. The number of benzene rings is 2. The Morgan fingerprint density at radius 2 is 1.79 bits per heavy atom. The Labute approximate surface area is 198 Å². The number of methoxy groups -OCH3 is 1. The molecule has 0 aliphatic rings. The van der Waals surface area contributed by atoms with Gasteiger partial charge in [0, 0.05) is 19.3 Å². The van der Waals surface area contributed by atoms with Crippen LogP contribution in [0.5, 0.6) is 11.5 Å². The topological polar surface area (TPSA) is 127 Å². The number of hydrogen-bond donors (Lipinski definition) is 3. The number of ether oxygens (including phenoxy) is 3. The Hall–Kier alpha value is -3.92. The van der Waals surface area contributed by atoms with Crippen molar-refractivity contribution >= 4 is 29.6 Å². The van der Waals surface area contributed by atoms with Crippen molar-refractivity contribution in [3.63, 3.8) is 0 Å². The molecule has 0 bridgehead atoms. The maximum atomic E-state index is 12.4. The quantitative estimate of drug-likeness (QED) is 0.199. The van der Waals surface area contributed by atoms with Crippen molar-refractivity contribution in [2.24, 2.45) is 5.10 Å². The summed E-state index contributed by atoms with van der Waals surface area (Å²) >= 11 is 0. The largest absolute Gasteiger partial charge is 0.490 e. The summed E-state index contributed by atoms with van der Waals surface area (Å²) in [6.45, 7) is 6.38. The van der Waals surface area contributed by atoms with Gasteiger partial charge in [-0.1, -0.05) is 12.1 Å². The monoisotopic (exact) mass is 470 g/mol. The minimum atomic E-state index is -0.896. The molecule has 2 rings (SSSR count). The SMILES string of the molecule is CCOc1cc(/C=N\NC(=O)C(=O)NCCOC)ccc1OCC(=O)Nc1cc(C)ccc1C. The second-order valence-electron chi connectivity index (χ2n) is 7.24. The average molecular weight is 471 g/mol. The van der Waals surface area contributed by atoms with Crippen LogP contribution in [-0.4, -0.2) is 57.4 Å². The van der Waals surface area contributed by atoms with E-state index in [9.17, 15) is 14.4 Å². The highest BCUT2D eigenvalue weighted by Crippen LogP contribution is 2.28. The van der Waals surface area contributed by atoms with Crippen molar-refractivity contribution in [3.8, 4) is 11.5 Å². The van der Waals surface area contributed by atoms with Gasteiger partial charge in [0.15, 0.2) is 18.1 Å². The standard InChI is InChI=1S/C24H30N4O6/c1-5-33-21-13-18(14-26-28-24(31)23(30)25-10-11-32-4)8-9-20(21)34-15-22(29)27-19-12-16(2)6-7-17(19)3/h6-9,12-14H,5,10-11,15H2,1-4H3,(H,25,30)(H,27,29)(H,28,31)/b26-14-. The van der Waals surface area contributed by atoms with Gasteiger partial charge < -0.3 is 24.8 Å². The third kappa shape index (κ3) is 8.55. The second-order valence-corrected chi connectivity index (χ2v) is 7.24. The van der Waals surface area contributed by atoms with Gasteiger partial charge in [-0.15, -0.1) is 0 Å². The molecule has 10 heteroatoms. The first kappa shape index (κ1) is 26.3. The van der Waals surface area contributed by atoms with E-state index >= 15 is 0 Å². The van der Waals surface area contributed by atoms with Crippen molar-refractivity contribution in [2.45, 2.75) is 20.8 Å². The lowest BCUT2D eigenvalue weighted by Gasteiger charge is -2.13. The lowest BCUT2D eigenvalue weighted by Crippen LogP contribution is -2.39. The van der Waals surface area contributed by atoms with Crippen LogP contribution in [0.4, 0.5) is 5.69 Å². The van der Waals surface area contributed by atoms with Gasteiger partial charge in [-0.05, 0) is 61.7 Å². The lowest BCUT2D eigenvalue weighted by atomic mass is 10.1. The summed E-state index contributed by atoms with van der Waals surface area (Å²) in [5.74, 6) is -1.21. The highest BCUT2D eigenvalue weighted by atomic mass is 16.5. The number of carbonyl (C=O) groups is 3. The number of nitrogens with one attached hydrogen (secondary N) is 3. The minimum Gasteiger partial charge on any atom is -0.490 e. The molecule has 0 aliphatic heterocycles. The molecule has 10 nitrogen and oxygen atoms in total. The van der Waals surface area contributed by atoms with E-state index in [1.165, 1.54) is 13.3 Å². The van der Waals surface area contributed by atoms with E-state index in [0.717, 1.165) is 16.8 Å². The Morgan fingerprint density at radius 1 is 1.00 bits per heavy atom. The van der Waals surface area contributed by atoms with Crippen LogP contribution >= 0.6 is 0 Å². The van der Waals surface area contributed by atoms with Gasteiger partial charge in [-0.2, -0.15) is 5.10 Å². The summed E-state index contributed by atoms with van der Waals surface area (Å²) in [5, 5.41) is 9.01. The van der Waals surface area contributed by atoms with E-state index in [1.807, 2.05) is 39.0 Å². The molecule has 0 radical (unpaired) electrons. The van der Waals surface area contributed by atoms with Gasteiger partial charge in [0.1, 0.15) is 0 Å². The molecule has 3 amide bonds. The molecule has 0 saturated heterocycles. The smallest absolute Gasteiger partial charge is 0.329 e. The molecule has 0 unspecified atom stereocenters. The first-order chi connectivity index (χ1) is 16.3.